The van der Waals surface area contributed by atoms with Gasteiger partial charge < -0.3 is 38.5 Å². The highest BCUT2D eigenvalue weighted by molar-refractivity contribution is 9.10. The number of para-hydroxylation sites is 3. The maximum atomic E-state index is 11.6. The third-order valence-electron chi connectivity index (χ3n) is 9.37. The number of carbonyl (C=O) groups is 3. The second kappa shape index (κ2) is 18.3. The molecule has 0 spiro atoms. The number of aromatic nitrogens is 3. The molecule has 1 fully saturated rings. The van der Waals surface area contributed by atoms with Gasteiger partial charge in [-0.1, -0.05) is 74.1 Å². The second-order valence-corrected chi connectivity index (χ2v) is 14.0. The molecule has 288 valence electrons. The van der Waals surface area contributed by atoms with E-state index in [1.807, 2.05) is 107 Å². The number of ether oxygens (including phenoxy) is 3. The second-order valence-electron chi connectivity index (χ2n) is 13.2. The Kier molecular flexibility index (Phi) is 14.1. The molecule has 1 aliphatic rings. The number of methoxy groups -OCH3 is 3. The number of hydrogen-bond acceptors (Lipinski definition) is 8. The minimum Gasteiger partial charge on any atom is -0.465 e. The van der Waals surface area contributed by atoms with Gasteiger partial charge in [-0.3, -0.25) is 0 Å². The van der Waals surface area contributed by atoms with Crippen molar-refractivity contribution in [3.63, 3.8) is 0 Å². The third-order valence-corrected chi connectivity index (χ3v) is 9.96. The van der Waals surface area contributed by atoms with Crippen LogP contribution in [0.5, 0.6) is 0 Å². The summed E-state index contributed by atoms with van der Waals surface area (Å²) in [6.07, 6.45) is 2.41. The number of nitrogens with one attached hydrogen (secondary N) is 3. The number of halogens is 1. The molecule has 0 radical (unpaired) electrons. The molecule has 3 N–H and O–H groups in total. The summed E-state index contributed by atoms with van der Waals surface area (Å²) >= 11 is 3.29. The van der Waals surface area contributed by atoms with E-state index < -0.39 is 0 Å². The van der Waals surface area contributed by atoms with E-state index in [0.29, 0.717) is 27.0 Å². The van der Waals surface area contributed by atoms with E-state index in [2.05, 4.69) is 44.0 Å². The number of H-pyrrole nitrogens is 3. The van der Waals surface area contributed by atoms with Crippen molar-refractivity contribution in [1.29, 1.82) is 0 Å². The largest absolute Gasteiger partial charge is 0.486 e. The predicted molar refractivity (Wildman–Crippen MR) is 222 cm³/mol. The zero-order chi connectivity index (χ0) is 40.5. The maximum absolute atomic E-state index is 11.6. The lowest BCUT2D eigenvalue weighted by molar-refractivity contribution is 0.00578. The van der Waals surface area contributed by atoms with E-state index >= 15 is 0 Å². The molecule has 3 aromatic heterocycles. The van der Waals surface area contributed by atoms with Crippen LogP contribution in [0.3, 0.4) is 0 Å². The van der Waals surface area contributed by atoms with Gasteiger partial charge in [0.2, 0.25) is 0 Å². The zero-order valence-corrected chi connectivity index (χ0v) is 34.0. The van der Waals surface area contributed by atoms with Crippen LogP contribution in [-0.2, 0) is 29.9 Å². The summed E-state index contributed by atoms with van der Waals surface area (Å²) in [5, 5.41) is 2.66. The van der Waals surface area contributed by atoms with Crippen LogP contribution >= 0.6 is 15.9 Å². The number of esters is 3. The van der Waals surface area contributed by atoms with Gasteiger partial charge in [0.25, 0.3) is 0 Å². The summed E-state index contributed by atoms with van der Waals surface area (Å²) in [6.45, 7) is 17.4. The van der Waals surface area contributed by atoms with E-state index in [4.69, 9.17) is 23.5 Å². The van der Waals surface area contributed by atoms with Gasteiger partial charge in [-0.25, -0.2) is 14.4 Å². The van der Waals surface area contributed by atoms with E-state index in [1.54, 1.807) is 12.1 Å². The van der Waals surface area contributed by atoms with Crippen LogP contribution in [0.1, 0.15) is 77.1 Å². The summed E-state index contributed by atoms with van der Waals surface area (Å²) in [5.74, 6) is 0.720. The average Bonchev–Trinajstić information content (AvgIpc) is 3.91. The molecule has 1 saturated heterocycles. The topological polar surface area (TPSA) is 145 Å². The van der Waals surface area contributed by atoms with E-state index in [0.717, 1.165) is 44.8 Å². The maximum Gasteiger partial charge on any atom is 0.486 e. The minimum atomic E-state index is -0.345. The van der Waals surface area contributed by atoms with Gasteiger partial charge in [-0.15, -0.1) is 6.58 Å². The Morgan fingerprint density at radius 1 is 0.673 bits per heavy atom. The van der Waals surface area contributed by atoms with E-state index in [9.17, 15) is 14.4 Å². The van der Waals surface area contributed by atoms with Crippen molar-refractivity contribution in [1.82, 2.24) is 15.0 Å². The molecule has 55 heavy (non-hydrogen) atoms. The van der Waals surface area contributed by atoms with Crippen LogP contribution in [-0.4, -0.2) is 72.5 Å². The van der Waals surface area contributed by atoms with Crippen LogP contribution < -0.4 is 0 Å². The molecule has 0 atom stereocenters. The Balaban J connectivity index is 0.000000164. The molecule has 0 amide bonds. The molecule has 1 aliphatic heterocycles. The number of hydrogen-bond donors (Lipinski definition) is 3. The van der Waals surface area contributed by atoms with Crippen molar-refractivity contribution in [2.75, 3.05) is 21.3 Å². The lowest BCUT2D eigenvalue weighted by atomic mass is 9.90. The molecule has 0 saturated carbocycles. The first-order valence-electron chi connectivity index (χ1n) is 17.5. The van der Waals surface area contributed by atoms with Gasteiger partial charge in [0, 0.05) is 38.4 Å². The van der Waals surface area contributed by atoms with Crippen LogP contribution in [0.25, 0.3) is 38.8 Å². The number of benzene rings is 3. The molecule has 13 heteroatoms. The average molecular weight is 813 g/mol. The van der Waals surface area contributed by atoms with Crippen molar-refractivity contribution < 1.29 is 37.9 Å². The Labute approximate surface area is 329 Å². The zero-order valence-electron chi connectivity index (χ0n) is 32.4. The molecular weight excluding hydrogens is 765 g/mol. The summed E-state index contributed by atoms with van der Waals surface area (Å²) in [7, 11) is 3.90. The standard InChI is InChI=1S/C12H13NO2.C12H11NO2.C10H8BrNO2.C8H15BO2/c2*1-3-9-11(12(14)15-2)8-6-4-5-7-10(8)13-9;1-14-10(13)8-6-4-2-3-5-7(6)12-9(8)11;1-6-9-10-7(2,3)8(4,5)11-9/h4-7,13H,3H2,1-2H3;3-7,13H,1H2,2H3;2-5,12H,1H3;6H,1H2,2-5H3. The first kappa shape index (κ1) is 42.4. The fourth-order valence-corrected chi connectivity index (χ4v) is 6.42. The Morgan fingerprint density at radius 2 is 1.07 bits per heavy atom. The first-order valence-corrected chi connectivity index (χ1v) is 18.3. The Bertz CT molecular complexity index is 2300. The molecule has 0 unspecified atom stereocenters. The summed E-state index contributed by atoms with van der Waals surface area (Å²) < 4.78 is 26.0. The molecule has 4 heterocycles. The molecule has 0 aliphatic carbocycles. The normalized spacial score (nSPS) is 13.7. The summed E-state index contributed by atoms with van der Waals surface area (Å²) in [5.41, 5.74) is 5.73. The minimum absolute atomic E-state index is 0.230. The van der Waals surface area contributed by atoms with Gasteiger partial charge in [0.1, 0.15) is 0 Å². The van der Waals surface area contributed by atoms with Crippen LogP contribution in [0.4, 0.5) is 0 Å². The predicted octanol–water partition coefficient (Wildman–Crippen LogP) is 9.64. The van der Waals surface area contributed by atoms with Gasteiger partial charge in [0.15, 0.2) is 0 Å². The van der Waals surface area contributed by atoms with Crippen molar-refractivity contribution >= 4 is 79.7 Å². The van der Waals surface area contributed by atoms with Crippen molar-refractivity contribution in [3.05, 3.63) is 125 Å². The molecule has 11 nitrogen and oxygen atoms in total. The molecule has 3 aromatic carbocycles. The SMILES string of the molecule is C=CB1OC(C)(C)C(C)(C)O1.C=Cc1[nH]c2ccccc2c1C(=O)OC.CCc1[nH]c2ccccc2c1C(=O)OC.COC(=O)c1c(Br)[nH]c2ccccc12. The van der Waals surface area contributed by atoms with Crippen molar-refractivity contribution in [2.45, 2.75) is 52.2 Å². The fourth-order valence-electron chi connectivity index (χ4n) is 5.83. The van der Waals surface area contributed by atoms with Crippen molar-refractivity contribution in [3.8, 4) is 0 Å². The summed E-state index contributed by atoms with van der Waals surface area (Å²) in [4.78, 5) is 44.0. The summed E-state index contributed by atoms with van der Waals surface area (Å²) in [6, 6.07) is 22.9. The smallest absolute Gasteiger partial charge is 0.465 e. The third kappa shape index (κ3) is 9.30. The van der Waals surface area contributed by atoms with E-state index in [1.165, 1.54) is 21.3 Å². The Morgan fingerprint density at radius 3 is 1.51 bits per heavy atom. The van der Waals surface area contributed by atoms with Gasteiger partial charge in [-0.2, -0.15) is 0 Å². The van der Waals surface area contributed by atoms with Gasteiger partial charge in [0.05, 0.1) is 59.5 Å². The van der Waals surface area contributed by atoms with Crippen molar-refractivity contribution in [2.24, 2.45) is 0 Å². The highest BCUT2D eigenvalue weighted by atomic mass is 79.9. The number of rotatable bonds is 6. The van der Waals surface area contributed by atoms with Gasteiger partial charge in [-0.05, 0) is 74.3 Å². The monoisotopic (exact) mass is 811 g/mol. The first-order chi connectivity index (χ1) is 26.2. The molecular formula is C42H47BBrN3O8. The lowest BCUT2D eigenvalue weighted by Crippen LogP contribution is -2.41. The number of carbonyl (C=O) groups excluding carboxylic acids is 3. The fraction of sp³-hybridized carbons (Fsp3) is 0.262. The molecule has 6 aromatic rings. The van der Waals surface area contributed by atoms with Gasteiger partial charge >= 0.3 is 25.0 Å². The van der Waals surface area contributed by atoms with Crippen LogP contribution in [0, 0.1) is 0 Å². The molecule has 0 bridgehead atoms. The Hall–Kier alpha value is -5.37. The number of fused-ring (bicyclic) bond motifs is 3. The van der Waals surface area contributed by atoms with E-state index in [-0.39, 0.29) is 36.2 Å². The van der Waals surface area contributed by atoms with Crippen LogP contribution in [0.15, 0.2) is 96.5 Å². The molecule has 7 rings (SSSR count). The number of aromatic amines is 3. The quantitative estimate of drug-likeness (QED) is 0.0857. The van der Waals surface area contributed by atoms with Crippen LogP contribution in [0.2, 0.25) is 0 Å². The lowest BCUT2D eigenvalue weighted by Gasteiger charge is -2.32. The highest BCUT2D eigenvalue weighted by Gasteiger charge is 2.49. The highest BCUT2D eigenvalue weighted by Crippen LogP contribution is 2.36. The number of aryl methyl sites for hydroxylation is 1.